The fourth-order valence-corrected chi connectivity index (χ4v) is 3.24. The van der Waals surface area contributed by atoms with Gasteiger partial charge in [-0.05, 0) is 29.7 Å². The van der Waals surface area contributed by atoms with Crippen molar-refractivity contribution in [1.82, 2.24) is 14.8 Å². The molecular formula is C21H19N5O3. The molecule has 0 saturated heterocycles. The first-order valence-corrected chi connectivity index (χ1v) is 9.13. The molecule has 2 N–H and O–H groups in total. The van der Waals surface area contributed by atoms with Gasteiger partial charge in [-0.15, -0.1) is 10.2 Å². The number of aromatic hydroxyl groups is 1. The number of hydrogen-bond acceptors (Lipinski definition) is 5. The minimum Gasteiger partial charge on any atom is -0.493 e. The van der Waals surface area contributed by atoms with E-state index in [4.69, 9.17) is 0 Å². The van der Waals surface area contributed by atoms with Crippen molar-refractivity contribution < 1.29 is 9.90 Å². The van der Waals surface area contributed by atoms with Crippen LogP contribution in [0.25, 0.3) is 21.7 Å². The number of aromatic nitrogens is 3. The van der Waals surface area contributed by atoms with E-state index in [-0.39, 0.29) is 22.8 Å². The lowest BCUT2D eigenvalue weighted by Crippen LogP contribution is -2.22. The van der Waals surface area contributed by atoms with E-state index in [1.165, 1.54) is 7.05 Å². The number of nitrogens with one attached hydrogen (secondary N) is 1. The maximum atomic E-state index is 12.7. The van der Waals surface area contributed by atoms with Crippen LogP contribution in [0.1, 0.15) is 35.8 Å². The SMILES string of the molecule is CC(C)c1ccc2[nH]c(O)c(N=NC(=O)c3nn(C)c(=O)c4ccccc34)c2c1. The molecule has 8 heteroatoms. The molecular weight excluding hydrogens is 370 g/mol. The van der Waals surface area contributed by atoms with Gasteiger partial charge in [0.25, 0.3) is 5.56 Å². The molecule has 1 amide bonds. The van der Waals surface area contributed by atoms with Crippen LogP contribution >= 0.6 is 0 Å². The summed E-state index contributed by atoms with van der Waals surface area (Å²) < 4.78 is 1.10. The van der Waals surface area contributed by atoms with E-state index in [0.29, 0.717) is 27.6 Å². The van der Waals surface area contributed by atoms with Crippen molar-refractivity contribution in [1.29, 1.82) is 0 Å². The lowest BCUT2D eigenvalue weighted by Gasteiger charge is -2.05. The Morgan fingerprint density at radius 2 is 1.86 bits per heavy atom. The predicted molar refractivity (Wildman–Crippen MR) is 110 cm³/mol. The smallest absolute Gasteiger partial charge is 0.316 e. The maximum Gasteiger partial charge on any atom is 0.316 e. The molecule has 29 heavy (non-hydrogen) atoms. The van der Waals surface area contributed by atoms with Crippen molar-refractivity contribution >= 4 is 33.3 Å². The van der Waals surface area contributed by atoms with Gasteiger partial charge in [0.2, 0.25) is 5.88 Å². The Hall–Kier alpha value is -3.81. The van der Waals surface area contributed by atoms with E-state index in [2.05, 4.69) is 34.2 Å². The molecule has 0 aliphatic heterocycles. The Bertz CT molecular complexity index is 1350. The highest BCUT2D eigenvalue weighted by Crippen LogP contribution is 2.37. The first kappa shape index (κ1) is 18.5. The van der Waals surface area contributed by atoms with E-state index in [1.807, 2.05) is 18.2 Å². The number of nitrogens with zero attached hydrogens (tertiary/aromatic N) is 4. The van der Waals surface area contributed by atoms with Gasteiger partial charge in [0.15, 0.2) is 11.4 Å². The summed E-state index contributed by atoms with van der Waals surface area (Å²) in [5.41, 5.74) is 1.67. The standard InChI is InChI=1S/C21H19N5O3/c1-11(2)12-8-9-16-15(10-12)17(19(27)22-16)23-24-20(28)18-13-6-4-5-7-14(13)21(29)26(3)25-18/h4-11,22,27H,1-3H3. The van der Waals surface area contributed by atoms with Crippen LogP contribution in [0, 0.1) is 0 Å². The van der Waals surface area contributed by atoms with E-state index < -0.39 is 5.91 Å². The molecule has 4 aromatic rings. The Morgan fingerprint density at radius 3 is 2.59 bits per heavy atom. The molecule has 0 radical (unpaired) electrons. The minimum atomic E-state index is -0.703. The predicted octanol–water partition coefficient (Wildman–Crippen LogP) is 4.17. The topological polar surface area (TPSA) is 113 Å². The van der Waals surface area contributed by atoms with Crippen molar-refractivity contribution in [3.63, 3.8) is 0 Å². The van der Waals surface area contributed by atoms with Gasteiger partial charge in [0.05, 0.1) is 10.9 Å². The van der Waals surface area contributed by atoms with E-state index >= 15 is 0 Å². The molecule has 2 aromatic carbocycles. The molecule has 2 aromatic heterocycles. The van der Waals surface area contributed by atoms with Crippen molar-refractivity contribution in [3.05, 3.63) is 64.1 Å². The van der Waals surface area contributed by atoms with Crippen LogP contribution in [0.15, 0.2) is 57.5 Å². The average molecular weight is 389 g/mol. The van der Waals surface area contributed by atoms with Gasteiger partial charge in [-0.1, -0.05) is 38.1 Å². The molecule has 0 bridgehead atoms. The number of azo groups is 1. The molecule has 0 atom stereocenters. The number of fused-ring (bicyclic) bond motifs is 2. The number of benzene rings is 2. The first-order chi connectivity index (χ1) is 13.9. The van der Waals surface area contributed by atoms with Crippen molar-refractivity contribution in [2.24, 2.45) is 17.3 Å². The number of H-pyrrole nitrogens is 1. The van der Waals surface area contributed by atoms with Gasteiger partial charge in [-0.25, -0.2) is 4.68 Å². The zero-order chi connectivity index (χ0) is 20.7. The zero-order valence-corrected chi connectivity index (χ0v) is 16.2. The summed E-state index contributed by atoms with van der Waals surface area (Å²) in [6.45, 7) is 4.13. The number of rotatable bonds is 3. The van der Waals surface area contributed by atoms with Crippen LogP contribution in [0.4, 0.5) is 5.69 Å². The number of carbonyl (C=O) groups is 1. The fourth-order valence-electron chi connectivity index (χ4n) is 3.24. The second kappa shape index (κ2) is 6.97. The number of hydrogen-bond donors (Lipinski definition) is 2. The van der Waals surface area contributed by atoms with Gasteiger partial charge in [0, 0.05) is 17.8 Å². The molecule has 0 aliphatic carbocycles. The summed E-state index contributed by atoms with van der Waals surface area (Å²) in [7, 11) is 1.47. The number of carbonyl (C=O) groups excluding carboxylic acids is 1. The minimum absolute atomic E-state index is 0.0219. The number of aryl methyl sites for hydroxylation is 1. The lowest BCUT2D eigenvalue weighted by atomic mass is 10.0. The third-order valence-corrected chi connectivity index (χ3v) is 4.84. The van der Waals surface area contributed by atoms with E-state index in [0.717, 1.165) is 10.2 Å². The average Bonchev–Trinajstić information content (AvgIpc) is 3.03. The van der Waals surface area contributed by atoms with Crippen molar-refractivity contribution in [2.45, 2.75) is 19.8 Å². The molecule has 0 fully saturated rings. The fraction of sp³-hybridized carbons (Fsp3) is 0.190. The summed E-state index contributed by atoms with van der Waals surface area (Å²) in [5.74, 6) is -0.578. The van der Waals surface area contributed by atoms with Gasteiger partial charge in [0.1, 0.15) is 0 Å². The molecule has 0 saturated carbocycles. The zero-order valence-electron chi connectivity index (χ0n) is 16.2. The number of amides is 1. The van der Waals surface area contributed by atoms with Crippen molar-refractivity contribution in [2.75, 3.05) is 0 Å². The molecule has 146 valence electrons. The Balaban J connectivity index is 1.79. The highest BCUT2D eigenvalue weighted by molar-refractivity contribution is 6.05. The summed E-state index contributed by atoms with van der Waals surface area (Å²) in [4.78, 5) is 27.8. The van der Waals surface area contributed by atoms with Crippen molar-refractivity contribution in [3.8, 4) is 5.88 Å². The normalized spacial score (nSPS) is 11.9. The van der Waals surface area contributed by atoms with Gasteiger partial charge >= 0.3 is 5.91 Å². The van der Waals surface area contributed by atoms with Crippen LogP contribution in [-0.4, -0.2) is 25.8 Å². The second-order valence-corrected chi connectivity index (χ2v) is 7.11. The highest BCUT2D eigenvalue weighted by atomic mass is 16.3. The third kappa shape index (κ3) is 3.18. The second-order valence-electron chi connectivity index (χ2n) is 7.11. The third-order valence-electron chi connectivity index (χ3n) is 4.84. The molecule has 2 heterocycles. The molecule has 8 nitrogen and oxygen atoms in total. The summed E-state index contributed by atoms with van der Waals surface area (Å²) in [6.07, 6.45) is 0. The Morgan fingerprint density at radius 1 is 1.14 bits per heavy atom. The maximum absolute atomic E-state index is 12.7. The van der Waals surface area contributed by atoms with Gasteiger partial charge in [-0.2, -0.15) is 5.10 Å². The van der Waals surface area contributed by atoms with E-state index in [9.17, 15) is 14.7 Å². The lowest BCUT2D eigenvalue weighted by molar-refractivity contribution is 0.0990. The van der Waals surface area contributed by atoms with Crippen LogP contribution in [-0.2, 0) is 7.05 Å². The van der Waals surface area contributed by atoms with Crippen LogP contribution < -0.4 is 5.56 Å². The van der Waals surface area contributed by atoms with Gasteiger partial charge < -0.3 is 10.1 Å². The molecule has 4 rings (SSSR count). The Labute approximate surface area is 165 Å². The molecule has 0 aliphatic rings. The number of aromatic amines is 1. The Kier molecular flexibility index (Phi) is 4.46. The van der Waals surface area contributed by atoms with E-state index in [1.54, 1.807) is 24.3 Å². The first-order valence-electron chi connectivity index (χ1n) is 9.13. The molecule has 0 unspecified atom stereocenters. The largest absolute Gasteiger partial charge is 0.493 e. The van der Waals surface area contributed by atoms with Crippen LogP contribution in [0.3, 0.4) is 0 Å². The summed E-state index contributed by atoms with van der Waals surface area (Å²) in [6, 6.07) is 12.4. The summed E-state index contributed by atoms with van der Waals surface area (Å²) >= 11 is 0. The summed E-state index contributed by atoms with van der Waals surface area (Å²) in [5, 5.41) is 23.5. The van der Waals surface area contributed by atoms with Crippen LogP contribution in [0.5, 0.6) is 5.88 Å². The quantitative estimate of drug-likeness (QED) is 0.512. The van der Waals surface area contributed by atoms with Gasteiger partial charge in [-0.3, -0.25) is 9.59 Å². The highest BCUT2D eigenvalue weighted by Gasteiger charge is 2.17. The molecule has 0 spiro atoms. The van der Waals surface area contributed by atoms with Crippen LogP contribution in [0.2, 0.25) is 0 Å². The monoisotopic (exact) mass is 389 g/mol.